The summed E-state index contributed by atoms with van der Waals surface area (Å²) in [5.41, 5.74) is 1.83. The van der Waals surface area contributed by atoms with Gasteiger partial charge >= 0.3 is 5.97 Å². The summed E-state index contributed by atoms with van der Waals surface area (Å²) in [7, 11) is 1.61. The van der Waals surface area contributed by atoms with Crippen LogP contribution in [0.3, 0.4) is 0 Å². The molecule has 0 unspecified atom stereocenters. The number of thiazole rings is 1. The number of aromatic nitrogens is 1. The van der Waals surface area contributed by atoms with E-state index >= 15 is 0 Å². The number of carboxylic acid groups (broad SMARTS) is 1. The summed E-state index contributed by atoms with van der Waals surface area (Å²) in [4.78, 5) is 17.5. The first-order valence-electron chi connectivity index (χ1n) is 8.27. The maximum atomic E-state index is 11.0. The van der Waals surface area contributed by atoms with Gasteiger partial charge in [-0.1, -0.05) is 6.92 Å². The van der Waals surface area contributed by atoms with Crippen LogP contribution in [0.5, 0.6) is 11.5 Å². The molecule has 1 heterocycles. The summed E-state index contributed by atoms with van der Waals surface area (Å²) in [5.74, 6) is 0.566. The predicted molar refractivity (Wildman–Crippen MR) is 98.5 cm³/mol. The molecule has 0 aliphatic rings. The molecule has 0 amide bonds. The standard InChI is InChI=1S/C18H24N2O4S/c1-4-8-20(11-17(21)22)10-14-12-25-18(19-14)13-6-7-15(24-5-2)16(9-13)23-3/h6-7,9,12H,4-5,8,10-11H2,1-3H3,(H,21,22). The van der Waals surface area contributed by atoms with E-state index in [9.17, 15) is 4.79 Å². The molecule has 1 N–H and O–H groups in total. The first-order chi connectivity index (χ1) is 12.1. The Morgan fingerprint density at radius 3 is 2.76 bits per heavy atom. The van der Waals surface area contributed by atoms with E-state index in [4.69, 9.17) is 14.6 Å². The number of aliphatic carboxylic acids is 1. The van der Waals surface area contributed by atoms with Crippen LogP contribution in [-0.2, 0) is 11.3 Å². The molecule has 0 aliphatic heterocycles. The number of hydrogen-bond acceptors (Lipinski definition) is 6. The number of carboxylic acids is 1. The van der Waals surface area contributed by atoms with E-state index < -0.39 is 5.97 Å². The van der Waals surface area contributed by atoms with Crippen molar-refractivity contribution >= 4 is 17.3 Å². The average molecular weight is 364 g/mol. The van der Waals surface area contributed by atoms with E-state index in [1.807, 2.05) is 42.3 Å². The monoisotopic (exact) mass is 364 g/mol. The summed E-state index contributed by atoms with van der Waals surface area (Å²) in [6.45, 7) is 5.83. The van der Waals surface area contributed by atoms with Gasteiger partial charge in [-0.25, -0.2) is 4.98 Å². The van der Waals surface area contributed by atoms with Crippen molar-refractivity contribution in [1.82, 2.24) is 9.88 Å². The molecule has 25 heavy (non-hydrogen) atoms. The van der Waals surface area contributed by atoms with Crippen LogP contribution in [0.1, 0.15) is 26.0 Å². The van der Waals surface area contributed by atoms with Crippen LogP contribution in [0.25, 0.3) is 10.6 Å². The predicted octanol–water partition coefficient (Wildman–Crippen LogP) is 3.51. The highest BCUT2D eigenvalue weighted by Crippen LogP contribution is 2.33. The van der Waals surface area contributed by atoms with Gasteiger partial charge in [-0.2, -0.15) is 0 Å². The third kappa shape index (κ3) is 5.44. The van der Waals surface area contributed by atoms with Crippen LogP contribution < -0.4 is 9.47 Å². The van der Waals surface area contributed by atoms with Crippen molar-refractivity contribution in [2.45, 2.75) is 26.8 Å². The lowest BCUT2D eigenvalue weighted by Gasteiger charge is -2.17. The van der Waals surface area contributed by atoms with Gasteiger partial charge in [-0.05, 0) is 38.1 Å². The summed E-state index contributed by atoms with van der Waals surface area (Å²) < 4.78 is 10.9. The van der Waals surface area contributed by atoms with Crippen LogP contribution in [0.4, 0.5) is 0 Å². The Kier molecular flexibility index (Phi) is 7.21. The molecule has 1 aromatic heterocycles. The number of rotatable bonds is 10. The maximum absolute atomic E-state index is 11.0. The Bertz CT molecular complexity index is 702. The third-order valence-corrected chi connectivity index (χ3v) is 4.49. The van der Waals surface area contributed by atoms with Crippen molar-refractivity contribution in [3.63, 3.8) is 0 Å². The van der Waals surface area contributed by atoms with E-state index in [2.05, 4.69) is 4.98 Å². The Morgan fingerprint density at radius 1 is 1.32 bits per heavy atom. The van der Waals surface area contributed by atoms with Crippen LogP contribution in [0.2, 0.25) is 0 Å². The second kappa shape index (κ2) is 9.39. The molecular formula is C18H24N2O4S. The minimum atomic E-state index is -0.819. The van der Waals surface area contributed by atoms with E-state index in [1.54, 1.807) is 7.11 Å². The lowest BCUT2D eigenvalue weighted by molar-refractivity contribution is -0.138. The number of hydrogen-bond donors (Lipinski definition) is 1. The average Bonchev–Trinajstić information content (AvgIpc) is 3.03. The Labute approximate surface area is 152 Å². The highest BCUT2D eigenvalue weighted by molar-refractivity contribution is 7.13. The largest absolute Gasteiger partial charge is 0.493 e. The summed E-state index contributed by atoms with van der Waals surface area (Å²) >= 11 is 1.54. The molecule has 6 nitrogen and oxygen atoms in total. The molecule has 0 spiro atoms. The number of ether oxygens (including phenoxy) is 2. The van der Waals surface area contributed by atoms with Crippen LogP contribution in [-0.4, -0.2) is 47.8 Å². The van der Waals surface area contributed by atoms with Crippen molar-refractivity contribution < 1.29 is 19.4 Å². The Morgan fingerprint density at radius 2 is 2.12 bits per heavy atom. The van der Waals surface area contributed by atoms with Gasteiger partial charge in [0.05, 0.1) is 26.0 Å². The lowest BCUT2D eigenvalue weighted by atomic mass is 10.2. The van der Waals surface area contributed by atoms with Crippen LogP contribution in [0.15, 0.2) is 23.6 Å². The van der Waals surface area contributed by atoms with Gasteiger partial charge in [0.15, 0.2) is 11.5 Å². The van der Waals surface area contributed by atoms with Gasteiger partial charge in [-0.3, -0.25) is 9.69 Å². The van der Waals surface area contributed by atoms with Gasteiger partial charge in [0.25, 0.3) is 0 Å². The highest BCUT2D eigenvalue weighted by atomic mass is 32.1. The molecule has 1 aromatic carbocycles. The number of benzene rings is 1. The molecule has 2 aromatic rings. The molecule has 0 saturated heterocycles. The van der Waals surface area contributed by atoms with Crippen LogP contribution in [0, 0.1) is 0 Å². The van der Waals surface area contributed by atoms with Crippen molar-refractivity contribution in [3.8, 4) is 22.1 Å². The van der Waals surface area contributed by atoms with Gasteiger partial charge in [0.2, 0.25) is 0 Å². The van der Waals surface area contributed by atoms with Gasteiger partial charge in [0, 0.05) is 17.5 Å². The normalized spacial score (nSPS) is 10.9. The fraction of sp³-hybridized carbons (Fsp3) is 0.444. The zero-order chi connectivity index (χ0) is 18.2. The highest BCUT2D eigenvalue weighted by Gasteiger charge is 2.13. The molecule has 7 heteroatoms. The summed E-state index contributed by atoms with van der Waals surface area (Å²) in [5, 5.41) is 11.9. The minimum Gasteiger partial charge on any atom is -0.493 e. The van der Waals surface area contributed by atoms with E-state index in [0.29, 0.717) is 24.7 Å². The van der Waals surface area contributed by atoms with Crippen molar-refractivity contribution in [3.05, 3.63) is 29.3 Å². The topological polar surface area (TPSA) is 71.9 Å². The van der Waals surface area contributed by atoms with E-state index in [1.165, 1.54) is 11.3 Å². The van der Waals surface area contributed by atoms with Crippen molar-refractivity contribution in [2.24, 2.45) is 0 Å². The Hall–Kier alpha value is -2.12. The zero-order valence-corrected chi connectivity index (χ0v) is 15.6. The summed E-state index contributed by atoms with van der Waals surface area (Å²) in [6, 6.07) is 5.75. The van der Waals surface area contributed by atoms with Crippen molar-refractivity contribution in [1.29, 1.82) is 0 Å². The van der Waals surface area contributed by atoms with Gasteiger partial charge in [0.1, 0.15) is 5.01 Å². The van der Waals surface area contributed by atoms with Crippen LogP contribution >= 0.6 is 11.3 Å². The maximum Gasteiger partial charge on any atom is 0.317 e. The molecule has 0 aliphatic carbocycles. The third-order valence-electron chi connectivity index (χ3n) is 3.55. The SMILES string of the molecule is CCCN(CC(=O)O)Cc1csc(-c2ccc(OCC)c(OC)c2)n1. The molecule has 0 radical (unpaired) electrons. The quantitative estimate of drug-likeness (QED) is 0.695. The first kappa shape index (κ1) is 19.2. The number of nitrogens with zero attached hydrogens (tertiary/aromatic N) is 2. The smallest absolute Gasteiger partial charge is 0.317 e. The van der Waals surface area contributed by atoms with Crippen molar-refractivity contribution in [2.75, 3.05) is 26.8 Å². The molecule has 0 atom stereocenters. The molecular weight excluding hydrogens is 340 g/mol. The summed E-state index contributed by atoms with van der Waals surface area (Å²) in [6.07, 6.45) is 0.903. The van der Waals surface area contributed by atoms with E-state index in [-0.39, 0.29) is 6.54 Å². The zero-order valence-electron chi connectivity index (χ0n) is 14.8. The second-order valence-corrected chi connectivity index (χ2v) is 6.41. The first-order valence-corrected chi connectivity index (χ1v) is 9.15. The minimum absolute atomic E-state index is 0.0254. The molecule has 2 rings (SSSR count). The van der Waals surface area contributed by atoms with Gasteiger partial charge < -0.3 is 14.6 Å². The Balaban J connectivity index is 2.15. The van der Waals surface area contributed by atoms with E-state index in [0.717, 1.165) is 29.2 Å². The number of methoxy groups -OCH3 is 1. The molecule has 136 valence electrons. The molecule has 0 fully saturated rings. The second-order valence-electron chi connectivity index (χ2n) is 5.55. The number of carbonyl (C=O) groups is 1. The fourth-order valence-electron chi connectivity index (χ4n) is 2.54. The molecule has 0 saturated carbocycles. The van der Waals surface area contributed by atoms with Gasteiger partial charge in [-0.15, -0.1) is 11.3 Å². The fourth-order valence-corrected chi connectivity index (χ4v) is 3.35. The lowest BCUT2D eigenvalue weighted by Crippen LogP contribution is -2.30. The molecule has 0 bridgehead atoms.